The van der Waals surface area contributed by atoms with Gasteiger partial charge in [0.25, 0.3) is 5.91 Å². The molecular weight excluding hydrogens is 410 g/mol. The Balaban J connectivity index is 1.61. The number of aromatic nitrogens is 2. The monoisotopic (exact) mass is 421 g/mol. The van der Waals surface area contributed by atoms with Gasteiger partial charge < -0.3 is 14.5 Å². The number of ether oxygens (including phenoxy) is 1. The summed E-state index contributed by atoms with van der Waals surface area (Å²) in [5, 5.41) is 2.96. The van der Waals surface area contributed by atoms with E-state index in [9.17, 15) is 9.59 Å². The molecular formula is C17H13BrClN3O3. The largest absolute Gasteiger partial charge is 0.451 e. The number of pyridine rings is 1. The summed E-state index contributed by atoms with van der Waals surface area (Å²) in [6.07, 6.45) is 3.36. The average molecular weight is 423 g/mol. The average Bonchev–Trinajstić information content (AvgIpc) is 2.98. The van der Waals surface area contributed by atoms with Crippen LogP contribution in [0, 0.1) is 6.92 Å². The molecule has 25 heavy (non-hydrogen) atoms. The quantitative estimate of drug-likeness (QED) is 0.648. The number of imidazole rings is 1. The van der Waals surface area contributed by atoms with Crippen molar-refractivity contribution in [3.05, 3.63) is 63.5 Å². The minimum absolute atomic E-state index is 0.139. The Labute approximate surface area is 156 Å². The second-order valence-corrected chi connectivity index (χ2v) is 6.67. The van der Waals surface area contributed by atoms with E-state index in [1.54, 1.807) is 35.0 Å². The Hall–Kier alpha value is -2.38. The zero-order valence-corrected chi connectivity index (χ0v) is 15.5. The molecule has 2 aromatic heterocycles. The summed E-state index contributed by atoms with van der Waals surface area (Å²) < 4.78 is 7.52. The molecule has 2 heterocycles. The number of esters is 1. The highest BCUT2D eigenvalue weighted by Crippen LogP contribution is 2.25. The molecule has 6 nitrogen and oxygen atoms in total. The van der Waals surface area contributed by atoms with E-state index in [2.05, 4.69) is 26.2 Å². The predicted molar refractivity (Wildman–Crippen MR) is 98.0 cm³/mol. The molecule has 3 rings (SSSR count). The van der Waals surface area contributed by atoms with Gasteiger partial charge in [-0.3, -0.25) is 4.79 Å². The van der Waals surface area contributed by atoms with Gasteiger partial charge in [-0.15, -0.1) is 0 Å². The van der Waals surface area contributed by atoms with Crippen molar-refractivity contribution < 1.29 is 14.3 Å². The summed E-state index contributed by atoms with van der Waals surface area (Å²) in [4.78, 5) is 28.2. The number of halogens is 2. The molecule has 0 unspecified atom stereocenters. The molecule has 0 saturated heterocycles. The molecule has 1 amide bonds. The Morgan fingerprint density at radius 1 is 1.32 bits per heavy atom. The molecule has 0 aliphatic rings. The molecule has 3 aromatic rings. The molecule has 0 bridgehead atoms. The summed E-state index contributed by atoms with van der Waals surface area (Å²) in [5.74, 6) is -1.16. The van der Waals surface area contributed by atoms with Crippen molar-refractivity contribution in [2.75, 3.05) is 11.9 Å². The van der Waals surface area contributed by atoms with Gasteiger partial charge >= 0.3 is 5.97 Å². The van der Waals surface area contributed by atoms with Gasteiger partial charge in [0.1, 0.15) is 5.65 Å². The molecule has 0 spiro atoms. The highest BCUT2D eigenvalue weighted by Gasteiger charge is 2.15. The number of aryl methyl sites for hydroxylation is 1. The second kappa shape index (κ2) is 7.25. The van der Waals surface area contributed by atoms with Gasteiger partial charge in [0.05, 0.1) is 10.7 Å². The number of carbonyl (C=O) groups excluding carboxylic acids is 2. The number of benzene rings is 1. The van der Waals surface area contributed by atoms with E-state index in [1.807, 2.05) is 19.1 Å². The number of rotatable bonds is 4. The minimum Gasteiger partial charge on any atom is -0.451 e. The van der Waals surface area contributed by atoms with E-state index in [1.165, 1.54) is 0 Å². The van der Waals surface area contributed by atoms with Crippen molar-refractivity contribution in [1.82, 2.24) is 9.38 Å². The minimum atomic E-state index is -0.668. The summed E-state index contributed by atoms with van der Waals surface area (Å²) in [6, 6.07) is 8.79. The third-order valence-corrected chi connectivity index (χ3v) is 4.17. The van der Waals surface area contributed by atoms with Crippen molar-refractivity contribution in [2.45, 2.75) is 6.92 Å². The lowest BCUT2D eigenvalue weighted by molar-refractivity contribution is -0.119. The second-order valence-electron chi connectivity index (χ2n) is 5.34. The van der Waals surface area contributed by atoms with E-state index < -0.39 is 18.5 Å². The maximum Gasteiger partial charge on any atom is 0.359 e. The van der Waals surface area contributed by atoms with Crippen molar-refractivity contribution in [3.8, 4) is 0 Å². The number of nitrogens with one attached hydrogen (secondary N) is 1. The standard InChI is InChI=1S/C17H13BrClN3O3/c1-10-4-5-22-8-14(20-15(22)6-10)17(24)25-9-16(23)21-13-3-2-11(18)7-12(13)19/h2-8H,9H2,1H3,(H,21,23). The van der Waals surface area contributed by atoms with Crippen LogP contribution in [0.4, 0.5) is 5.69 Å². The number of hydrogen-bond acceptors (Lipinski definition) is 4. The Morgan fingerprint density at radius 2 is 2.12 bits per heavy atom. The summed E-state index contributed by atoms with van der Waals surface area (Å²) in [7, 11) is 0. The molecule has 0 fully saturated rings. The van der Waals surface area contributed by atoms with Crippen LogP contribution in [-0.2, 0) is 9.53 Å². The maximum absolute atomic E-state index is 12.1. The van der Waals surface area contributed by atoms with E-state index in [-0.39, 0.29) is 5.69 Å². The van der Waals surface area contributed by atoms with Crippen molar-refractivity contribution >= 4 is 50.7 Å². The third-order valence-electron chi connectivity index (χ3n) is 3.36. The SMILES string of the molecule is Cc1ccn2cc(C(=O)OCC(=O)Nc3ccc(Br)cc3Cl)nc2c1. The van der Waals surface area contributed by atoms with Crippen LogP contribution < -0.4 is 5.32 Å². The predicted octanol–water partition coefficient (Wildman–Crippen LogP) is 3.85. The van der Waals surface area contributed by atoms with Gasteiger partial charge in [-0.25, -0.2) is 9.78 Å². The summed E-state index contributed by atoms with van der Waals surface area (Å²) in [6.45, 7) is 1.50. The molecule has 1 aromatic carbocycles. The zero-order chi connectivity index (χ0) is 18.0. The van der Waals surface area contributed by atoms with Crippen LogP contribution in [0.25, 0.3) is 5.65 Å². The number of hydrogen-bond donors (Lipinski definition) is 1. The smallest absolute Gasteiger partial charge is 0.359 e. The van der Waals surface area contributed by atoms with Crippen LogP contribution in [-0.4, -0.2) is 27.9 Å². The lowest BCUT2D eigenvalue weighted by Gasteiger charge is -2.07. The van der Waals surface area contributed by atoms with Crippen LogP contribution >= 0.6 is 27.5 Å². The molecule has 0 saturated carbocycles. The molecule has 128 valence electrons. The van der Waals surface area contributed by atoms with Crippen molar-refractivity contribution in [3.63, 3.8) is 0 Å². The van der Waals surface area contributed by atoms with Crippen molar-refractivity contribution in [1.29, 1.82) is 0 Å². The van der Waals surface area contributed by atoms with Crippen molar-refractivity contribution in [2.24, 2.45) is 0 Å². The number of nitrogens with zero attached hydrogens (tertiary/aromatic N) is 2. The number of anilines is 1. The fourth-order valence-electron chi connectivity index (χ4n) is 2.16. The number of carbonyl (C=O) groups is 2. The Morgan fingerprint density at radius 3 is 2.88 bits per heavy atom. The number of amides is 1. The summed E-state index contributed by atoms with van der Waals surface area (Å²) in [5.41, 5.74) is 2.25. The van der Waals surface area contributed by atoms with E-state index in [4.69, 9.17) is 16.3 Å². The fraction of sp³-hybridized carbons (Fsp3) is 0.118. The lowest BCUT2D eigenvalue weighted by Crippen LogP contribution is -2.21. The van der Waals surface area contributed by atoms with E-state index in [0.29, 0.717) is 16.4 Å². The highest BCUT2D eigenvalue weighted by atomic mass is 79.9. The van der Waals surface area contributed by atoms with Crippen LogP contribution in [0.3, 0.4) is 0 Å². The normalized spacial score (nSPS) is 10.7. The number of fused-ring (bicyclic) bond motifs is 1. The summed E-state index contributed by atoms with van der Waals surface area (Å²) >= 11 is 9.31. The molecule has 8 heteroatoms. The molecule has 0 radical (unpaired) electrons. The fourth-order valence-corrected chi connectivity index (χ4v) is 2.88. The van der Waals surface area contributed by atoms with Gasteiger partial charge in [0, 0.05) is 16.9 Å². The highest BCUT2D eigenvalue weighted by molar-refractivity contribution is 9.10. The zero-order valence-electron chi connectivity index (χ0n) is 13.1. The van der Waals surface area contributed by atoms with Gasteiger partial charge in [-0.05, 0) is 42.8 Å². The Bertz CT molecular complexity index is 971. The topological polar surface area (TPSA) is 72.7 Å². The molecule has 1 N–H and O–H groups in total. The lowest BCUT2D eigenvalue weighted by atomic mass is 10.3. The van der Waals surface area contributed by atoms with Gasteiger partial charge in [0.2, 0.25) is 0 Å². The van der Waals surface area contributed by atoms with Crippen LogP contribution in [0.2, 0.25) is 5.02 Å². The first-order valence-corrected chi connectivity index (χ1v) is 8.47. The van der Waals surface area contributed by atoms with E-state index in [0.717, 1.165) is 10.0 Å². The van der Waals surface area contributed by atoms with Gasteiger partial charge in [0.15, 0.2) is 12.3 Å². The molecule has 0 aliphatic carbocycles. The van der Waals surface area contributed by atoms with Crippen LogP contribution in [0.1, 0.15) is 16.1 Å². The first-order valence-electron chi connectivity index (χ1n) is 7.30. The van der Waals surface area contributed by atoms with Crippen LogP contribution in [0.5, 0.6) is 0 Å². The first-order chi connectivity index (χ1) is 11.9. The maximum atomic E-state index is 12.1. The first kappa shape index (κ1) is 17.4. The van der Waals surface area contributed by atoms with Crippen LogP contribution in [0.15, 0.2) is 47.2 Å². The van der Waals surface area contributed by atoms with Gasteiger partial charge in [-0.2, -0.15) is 0 Å². The van der Waals surface area contributed by atoms with Gasteiger partial charge in [-0.1, -0.05) is 27.5 Å². The Kier molecular flexibility index (Phi) is 5.06. The molecule has 0 atom stereocenters. The third kappa shape index (κ3) is 4.18. The molecule has 0 aliphatic heterocycles. The van der Waals surface area contributed by atoms with E-state index >= 15 is 0 Å².